The van der Waals surface area contributed by atoms with Crippen molar-refractivity contribution in [1.82, 2.24) is 24.8 Å². The van der Waals surface area contributed by atoms with Crippen molar-refractivity contribution in [3.05, 3.63) is 46.3 Å². The van der Waals surface area contributed by atoms with E-state index in [1.807, 2.05) is 0 Å². The van der Waals surface area contributed by atoms with E-state index in [4.69, 9.17) is 5.11 Å². The average molecular weight is 622 g/mol. The molecule has 0 spiro atoms. The minimum absolute atomic E-state index is 0.0767. The molecule has 14 heteroatoms. The van der Waals surface area contributed by atoms with Gasteiger partial charge in [-0.2, -0.15) is 13.2 Å². The summed E-state index contributed by atoms with van der Waals surface area (Å²) < 4.78 is 55.0. The van der Waals surface area contributed by atoms with Crippen molar-refractivity contribution in [3.63, 3.8) is 0 Å². The number of aryl methyl sites for hydroxylation is 1. The van der Waals surface area contributed by atoms with Crippen molar-refractivity contribution in [2.24, 2.45) is 0 Å². The van der Waals surface area contributed by atoms with Crippen molar-refractivity contribution in [2.75, 3.05) is 42.9 Å². The highest BCUT2D eigenvalue weighted by Gasteiger charge is 2.32. The zero-order valence-corrected chi connectivity index (χ0v) is 25.1. The first-order valence-corrected chi connectivity index (χ1v) is 15.1. The highest BCUT2D eigenvalue weighted by atomic mass is 32.1. The molecule has 232 valence electrons. The molecule has 2 aliphatic rings. The average Bonchev–Trinajstić information content (AvgIpc) is 3.52. The second-order valence-corrected chi connectivity index (χ2v) is 12.3. The molecular weight excluding hydrogens is 586 g/mol. The van der Waals surface area contributed by atoms with Gasteiger partial charge in [0, 0.05) is 61.3 Å². The fourth-order valence-corrected chi connectivity index (χ4v) is 6.72. The van der Waals surface area contributed by atoms with Gasteiger partial charge in [0.1, 0.15) is 23.3 Å². The number of carboxylic acids is 1. The van der Waals surface area contributed by atoms with E-state index >= 15 is 0 Å². The maximum Gasteiger partial charge on any atom is 0.416 e. The molecule has 0 radical (unpaired) electrons. The minimum atomic E-state index is -4.69. The van der Waals surface area contributed by atoms with Crippen LogP contribution in [-0.2, 0) is 17.5 Å². The summed E-state index contributed by atoms with van der Waals surface area (Å²) in [5, 5.41) is 12.7. The van der Waals surface area contributed by atoms with Gasteiger partial charge in [-0.15, -0.1) is 0 Å². The number of thiazole rings is 1. The molecule has 0 aliphatic carbocycles. The van der Waals surface area contributed by atoms with Gasteiger partial charge in [-0.1, -0.05) is 11.3 Å². The molecule has 2 fully saturated rings. The van der Waals surface area contributed by atoms with Crippen LogP contribution in [0.25, 0.3) is 11.3 Å². The van der Waals surface area contributed by atoms with Gasteiger partial charge < -0.3 is 15.3 Å². The summed E-state index contributed by atoms with van der Waals surface area (Å²) >= 11 is 1.32. The van der Waals surface area contributed by atoms with Crippen molar-refractivity contribution in [1.29, 1.82) is 0 Å². The molecule has 2 atom stereocenters. The smallest absolute Gasteiger partial charge is 0.416 e. The van der Waals surface area contributed by atoms with Crippen molar-refractivity contribution in [2.45, 2.75) is 64.8 Å². The number of alkyl halides is 3. The van der Waals surface area contributed by atoms with Crippen molar-refractivity contribution < 1.29 is 27.5 Å². The molecule has 43 heavy (non-hydrogen) atoms. The van der Waals surface area contributed by atoms with Crippen molar-refractivity contribution in [3.8, 4) is 11.3 Å². The molecule has 0 saturated carbocycles. The van der Waals surface area contributed by atoms with Crippen LogP contribution < -0.4 is 10.2 Å². The standard InChI is InChI=1S/C29H35F4N7O2S/c1-17-5-4-7-39(17)16-23-27(20-11-21(29(31,32)33)13-22(30)12-20)37-28(43-23)36-24-14-25(35-19(3)34-24)40-10-9-38(18(2)15-40)8-6-26(41)42/h11-14,17-18H,4-10,15-16H2,1-3H3,(H,41,42)(H,34,35,36,37)/t17-,18+/m1/s1. The van der Waals surface area contributed by atoms with Crippen LogP contribution in [0.2, 0.25) is 0 Å². The Kier molecular flexibility index (Phi) is 9.18. The fraction of sp³-hybridized carbons (Fsp3) is 0.517. The number of carboxylic acid groups (broad SMARTS) is 1. The van der Waals surface area contributed by atoms with E-state index in [0.717, 1.165) is 36.4 Å². The lowest BCUT2D eigenvalue weighted by molar-refractivity contribution is -0.138. The number of nitrogens with zero attached hydrogens (tertiary/aromatic N) is 6. The maximum atomic E-state index is 14.4. The number of piperazine rings is 1. The second-order valence-electron chi connectivity index (χ2n) is 11.2. The molecule has 2 N–H and O–H groups in total. The molecule has 2 aromatic heterocycles. The number of likely N-dealkylation sites (tertiary alicyclic amines) is 1. The zero-order valence-electron chi connectivity index (χ0n) is 24.3. The van der Waals surface area contributed by atoms with Crippen molar-refractivity contribution >= 4 is 34.1 Å². The molecule has 1 aromatic carbocycles. The Labute approximate surface area is 251 Å². The van der Waals surface area contributed by atoms with E-state index < -0.39 is 23.5 Å². The topological polar surface area (TPSA) is 97.7 Å². The number of aromatic nitrogens is 3. The van der Waals surface area contributed by atoms with Gasteiger partial charge >= 0.3 is 12.1 Å². The predicted octanol–water partition coefficient (Wildman–Crippen LogP) is 5.78. The van der Waals surface area contributed by atoms with E-state index in [0.29, 0.717) is 73.1 Å². The molecule has 0 unspecified atom stereocenters. The summed E-state index contributed by atoms with van der Waals surface area (Å²) in [4.78, 5) is 32.1. The number of aliphatic carboxylic acids is 1. The van der Waals surface area contributed by atoms with E-state index in [2.05, 4.69) is 48.8 Å². The third-order valence-corrected chi connectivity index (χ3v) is 8.95. The third-order valence-electron chi connectivity index (χ3n) is 7.99. The SMILES string of the molecule is Cc1nc(Nc2nc(-c3cc(F)cc(C(F)(F)F)c3)c(CN3CCC[C@H]3C)s2)cc(N2CCN(CCC(=O)O)[C@@H](C)C2)n1. The first-order chi connectivity index (χ1) is 20.4. The number of nitrogens with one attached hydrogen (secondary N) is 1. The summed E-state index contributed by atoms with van der Waals surface area (Å²) in [6.45, 7) is 9.83. The van der Waals surface area contributed by atoms with Gasteiger partial charge in [0.15, 0.2) is 5.13 Å². The van der Waals surface area contributed by atoms with E-state index in [9.17, 15) is 22.4 Å². The summed E-state index contributed by atoms with van der Waals surface area (Å²) in [6.07, 6.45) is -2.53. The monoisotopic (exact) mass is 621 g/mol. The lowest BCUT2D eigenvalue weighted by Crippen LogP contribution is -2.52. The van der Waals surface area contributed by atoms with Gasteiger partial charge in [-0.25, -0.2) is 19.3 Å². The number of anilines is 3. The molecular formula is C29H35F4N7O2S. The summed E-state index contributed by atoms with van der Waals surface area (Å²) in [7, 11) is 0. The Morgan fingerprint density at radius 1 is 1.07 bits per heavy atom. The number of carbonyl (C=O) groups is 1. The van der Waals surface area contributed by atoms with Crippen LogP contribution in [0.5, 0.6) is 0 Å². The summed E-state index contributed by atoms with van der Waals surface area (Å²) in [5.41, 5.74) is -0.666. The van der Waals surface area contributed by atoms with Gasteiger partial charge in [-0.3, -0.25) is 14.6 Å². The summed E-state index contributed by atoms with van der Waals surface area (Å²) in [5.74, 6) is -0.0639. The largest absolute Gasteiger partial charge is 0.481 e. The van der Waals surface area contributed by atoms with Crippen LogP contribution >= 0.6 is 11.3 Å². The molecule has 0 bridgehead atoms. The van der Waals surface area contributed by atoms with Crippen LogP contribution in [0.3, 0.4) is 0 Å². The lowest BCUT2D eigenvalue weighted by atomic mass is 10.1. The number of benzene rings is 1. The predicted molar refractivity (Wildman–Crippen MR) is 157 cm³/mol. The summed E-state index contributed by atoms with van der Waals surface area (Å²) in [6, 6.07) is 4.79. The number of hydrogen-bond donors (Lipinski definition) is 2. The number of halogens is 4. The fourth-order valence-electron chi connectivity index (χ4n) is 5.70. The molecule has 5 rings (SSSR count). The number of rotatable bonds is 9. The molecule has 9 nitrogen and oxygen atoms in total. The van der Waals surface area contributed by atoms with Crippen LogP contribution in [0.15, 0.2) is 24.3 Å². The lowest BCUT2D eigenvalue weighted by Gasteiger charge is -2.40. The molecule has 0 amide bonds. The zero-order chi connectivity index (χ0) is 30.9. The van der Waals surface area contributed by atoms with Crippen LogP contribution in [-0.4, -0.2) is 80.6 Å². The Morgan fingerprint density at radius 3 is 2.53 bits per heavy atom. The van der Waals surface area contributed by atoms with Crippen LogP contribution in [0.1, 0.15) is 49.4 Å². The first kappa shape index (κ1) is 31.1. The highest BCUT2D eigenvalue weighted by Crippen LogP contribution is 2.38. The Morgan fingerprint density at radius 2 is 1.86 bits per heavy atom. The maximum absolute atomic E-state index is 14.4. The Bertz CT molecular complexity index is 1470. The van der Waals surface area contributed by atoms with Gasteiger partial charge in [0.2, 0.25) is 0 Å². The second kappa shape index (κ2) is 12.7. The number of hydrogen-bond acceptors (Lipinski definition) is 9. The molecule has 3 aromatic rings. The molecule has 2 saturated heterocycles. The van der Waals surface area contributed by atoms with Crippen LogP contribution in [0.4, 0.5) is 34.3 Å². The first-order valence-electron chi connectivity index (χ1n) is 14.3. The molecule has 2 aliphatic heterocycles. The quantitative estimate of drug-likeness (QED) is 0.288. The van der Waals surface area contributed by atoms with E-state index in [1.165, 1.54) is 11.3 Å². The Balaban J connectivity index is 1.41. The molecule has 4 heterocycles. The van der Waals surface area contributed by atoms with E-state index in [1.54, 1.807) is 13.0 Å². The van der Waals surface area contributed by atoms with Crippen LogP contribution in [0, 0.1) is 12.7 Å². The van der Waals surface area contributed by atoms with Gasteiger partial charge in [0.25, 0.3) is 0 Å². The normalized spacial score (nSPS) is 20.1. The highest BCUT2D eigenvalue weighted by molar-refractivity contribution is 7.16. The van der Waals surface area contributed by atoms with Gasteiger partial charge in [0.05, 0.1) is 17.7 Å². The van der Waals surface area contributed by atoms with Gasteiger partial charge in [-0.05, 0) is 58.4 Å². The van der Waals surface area contributed by atoms with E-state index in [-0.39, 0.29) is 18.0 Å². The Hall–Kier alpha value is -3.36. The minimum Gasteiger partial charge on any atom is -0.481 e. The third kappa shape index (κ3) is 7.60.